The van der Waals surface area contributed by atoms with Crippen LogP contribution in [0.4, 0.5) is 14.4 Å². The Balaban J connectivity index is 0.000000281. The van der Waals surface area contributed by atoms with Crippen molar-refractivity contribution in [3.63, 3.8) is 0 Å². The predicted octanol–water partition coefficient (Wildman–Crippen LogP) is 22.5. The number of hydrogen-bond acceptors (Lipinski definition) is 28. The summed E-state index contributed by atoms with van der Waals surface area (Å²) in [6.07, 6.45) is 33.9. The van der Waals surface area contributed by atoms with Crippen LogP contribution in [0.15, 0.2) is 95.2 Å². The minimum atomic E-state index is -0.898. The van der Waals surface area contributed by atoms with E-state index in [-0.39, 0.29) is 221 Å². The monoisotopic (exact) mass is 2070 g/mol. The molecular weight excluding hydrogens is 1900 g/mol. The van der Waals surface area contributed by atoms with Crippen molar-refractivity contribution in [2.24, 2.45) is 116 Å². The lowest BCUT2D eigenvalue weighted by atomic mass is 9.65. The molecule has 804 valence electrons. The summed E-state index contributed by atoms with van der Waals surface area (Å²) in [6.45, 7) is 42.0. The molecule has 0 bridgehead atoms. The highest BCUT2D eigenvalue weighted by Gasteiger charge is 2.50. The van der Waals surface area contributed by atoms with Gasteiger partial charge in [0.2, 0.25) is 0 Å². The highest BCUT2D eigenvalue weighted by atomic mass is 35.5. The maximum absolute atomic E-state index is 13.2. The zero-order valence-corrected chi connectivity index (χ0v) is 90.8. The first-order chi connectivity index (χ1) is 67.7. The predicted molar refractivity (Wildman–Crippen MR) is 541 cm³/mol. The third kappa shape index (κ3) is 35.8. The Labute approximate surface area is 864 Å². The number of carbonyl (C=O) groups excluding carboxylic acids is 11. The van der Waals surface area contributed by atoms with Crippen LogP contribution in [-0.4, -0.2) is 202 Å². The van der Waals surface area contributed by atoms with Crippen molar-refractivity contribution in [2.75, 3.05) is 58.2 Å². The van der Waals surface area contributed by atoms with Crippen LogP contribution in [0, 0.1) is 116 Å². The summed E-state index contributed by atoms with van der Waals surface area (Å²) in [5.74, 6) is 1.57. The molecule has 143 heavy (non-hydrogen) atoms. The Morgan fingerprint density at radius 2 is 0.566 bits per heavy atom. The first kappa shape index (κ1) is 119. The molecule has 0 saturated carbocycles. The van der Waals surface area contributed by atoms with E-state index in [0.717, 1.165) is 70.6 Å². The summed E-state index contributed by atoms with van der Waals surface area (Å²) in [6, 6.07) is 0. The molecule has 12 rings (SSSR count). The van der Waals surface area contributed by atoms with E-state index in [0.29, 0.717) is 87.4 Å². The Kier molecular flexibility index (Phi) is 46.7. The van der Waals surface area contributed by atoms with Crippen LogP contribution in [-0.2, 0) is 114 Å². The van der Waals surface area contributed by atoms with Crippen molar-refractivity contribution in [1.29, 1.82) is 0 Å². The third-order valence-electron chi connectivity index (χ3n) is 31.8. The molecule has 0 aromatic rings. The minimum Gasteiger partial charge on any atom is -0.462 e. The number of fused-ring (bicyclic) bond motifs is 4. The molecule has 0 radical (unpaired) electrons. The maximum atomic E-state index is 13.2. The second-order valence-corrected chi connectivity index (χ2v) is 45.8. The number of ether oxygens (including phenoxy) is 16. The molecule has 0 spiro atoms. The Morgan fingerprint density at radius 1 is 0.336 bits per heavy atom. The lowest BCUT2D eigenvalue weighted by Gasteiger charge is -2.44. The molecular formula is C112H167Cl3O28. The molecule has 0 aromatic carbocycles. The van der Waals surface area contributed by atoms with Gasteiger partial charge >= 0.3 is 65.5 Å². The molecule has 1 N–H and O–H groups in total. The van der Waals surface area contributed by atoms with E-state index in [2.05, 4.69) is 128 Å². The van der Waals surface area contributed by atoms with Gasteiger partial charge in [-0.15, -0.1) is 23.2 Å². The second-order valence-electron chi connectivity index (χ2n) is 44.6. The molecule has 31 heteroatoms. The summed E-state index contributed by atoms with van der Waals surface area (Å²) < 4.78 is 90.4. The number of aliphatic hydroxyl groups is 1. The molecule has 4 saturated heterocycles. The molecule has 8 aliphatic carbocycles. The van der Waals surface area contributed by atoms with Crippen LogP contribution in [0.3, 0.4) is 0 Å². The van der Waals surface area contributed by atoms with E-state index < -0.39 is 88.0 Å². The largest absolute Gasteiger partial charge is 0.508 e. The first-order valence-corrected chi connectivity index (χ1v) is 54.4. The van der Waals surface area contributed by atoms with E-state index >= 15 is 0 Å². The molecule has 28 atom stereocenters. The van der Waals surface area contributed by atoms with Crippen molar-refractivity contribution in [3.05, 3.63) is 95.2 Å². The van der Waals surface area contributed by atoms with Crippen molar-refractivity contribution in [1.82, 2.24) is 0 Å². The van der Waals surface area contributed by atoms with E-state index in [1.165, 1.54) is 22.3 Å². The average Bonchev–Trinajstić information content (AvgIpc) is 0.785. The lowest BCUT2D eigenvalue weighted by molar-refractivity contribution is -0.166. The Hall–Kier alpha value is -7.60. The van der Waals surface area contributed by atoms with Gasteiger partial charge in [0.25, 0.3) is 0 Å². The molecule has 28 unspecified atom stereocenters. The van der Waals surface area contributed by atoms with Crippen LogP contribution >= 0.6 is 34.8 Å². The van der Waals surface area contributed by atoms with E-state index in [4.69, 9.17) is 111 Å². The standard InChI is InChI=1S/C60H90O17.C26H37ClO6.C25H38O5.CH2Cl2/c1-11-59(7,8)55(63)76-49-31-37(3)29-41-15-13-39(5)47(53(41)49)19-17-43-33-45(35-51(61)72-43)74-57(65)70-27-25-68-23-21-67-22-24-69-26-28-71-58(66)75-46-34-44(73-52(62)36-46)18-20-48-40(6)14-16-42-30-38(4)32-50(54(42)48)77-56(64)60(9,10)12-2;1-6-26(4,5)24(29)33-21-12-15(2)11-17-8-7-16(3)20(23(17)21)10-9-18-13-19(32-25(27)30)14-22(28)31-18;1-6-25(4,5)24(28)30-21-12-15(2)11-17-8-7-16(3)20(23(17)21)10-9-19-13-18(26)14-22(27)29-19;2-1-3/h13-16,29-30,37-40,43-50,53-54H,11-12,17-28,31-36H2,1-10H3;7-8,11,15-16,18-21,23H,6,9-10,12-14H2,1-5H3;7-8,11,15-16,18-21,23,26H,6,9-10,12-14H2,1-5H3;1H2. The minimum absolute atomic E-state index is 0.0379. The number of rotatable bonds is 39. The highest BCUT2D eigenvalue weighted by Crippen LogP contribution is 2.52. The van der Waals surface area contributed by atoms with Gasteiger partial charge < -0.3 is 80.9 Å². The molecule has 4 aliphatic heterocycles. The van der Waals surface area contributed by atoms with Gasteiger partial charge in [0.15, 0.2) is 0 Å². The number of allylic oxidation sites excluding steroid dienone is 12. The lowest BCUT2D eigenvalue weighted by Crippen LogP contribution is -2.43. The number of halogens is 3. The van der Waals surface area contributed by atoms with Crippen molar-refractivity contribution >= 4 is 100 Å². The van der Waals surface area contributed by atoms with Gasteiger partial charge in [-0.25, -0.2) is 14.4 Å². The SMILES string of the molecule is CCC(C)(C)C(=O)OC1CC(C)C=C2C=CC(C)C(CCC3CC(O)CC(=O)O3)C21.CCC(C)(C)C(=O)OC1CC(C)C=C2C=CC(C)C(CCC3CC(OC(=O)Cl)CC(=O)O3)C21.CCC(C)(C)C(=O)OC1CC(C)C=C2C=CC(C)C(CCC3CC(OC(=O)OCCOCCOCCOCCOC(=O)OC4CC(=O)OC(CCC5C(C)C=CC6=CC(C)CC(OC(=O)C(C)(C)CC)C65)C4)CC(=O)O3)C21.ClCCl. The van der Waals surface area contributed by atoms with Crippen LogP contribution in [0.5, 0.6) is 0 Å². The van der Waals surface area contributed by atoms with Crippen molar-refractivity contribution in [3.8, 4) is 0 Å². The maximum Gasteiger partial charge on any atom is 0.508 e. The van der Waals surface area contributed by atoms with Crippen molar-refractivity contribution in [2.45, 2.75) is 366 Å². The number of hydrogen-bond donors (Lipinski definition) is 1. The van der Waals surface area contributed by atoms with Gasteiger partial charge in [-0.2, -0.15) is 0 Å². The topological polar surface area (TPSA) is 356 Å². The first-order valence-electron chi connectivity index (χ1n) is 53.0. The molecule has 12 aliphatic rings. The number of carbonyl (C=O) groups is 11. The van der Waals surface area contributed by atoms with Gasteiger partial charge in [-0.1, -0.05) is 156 Å². The fraction of sp³-hybridized carbons (Fsp3) is 0.759. The highest BCUT2D eigenvalue weighted by molar-refractivity contribution is 6.61. The summed E-state index contributed by atoms with van der Waals surface area (Å²) in [5, 5.41) is 10.1. The van der Waals surface area contributed by atoms with Crippen LogP contribution in [0.1, 0.15) is 293 Å². The molecule has 0 amide bonds. The molecule has 0 aromatic heterocycles. The summed E-state index contributed by atoms with van der Waals surface area (Å²) in [7, 11) is 0. The Bertz CT molecular complexity index is 4330. The van der Waals surface area contributed by atoms with E-state index in [9.17, 15) is 57.8 Å². The van der Waals surface area contributed by atoms with E-state index in [1.54, 1.807) is 0 Å². The fourth-order valence-electron chi connectivity index (χ4n) is 21.9. The van der Waals surface area contributed by atoms with Gasteiger partial charge in [0.1, 0.15) is 80.4 Å². The number of esters is 8. The van der Waals surface area contributed by atoms with Crippen LogP contribution in [0.25, 0.3) is 0 Å². The molecule has 4 heterocycles. The number of aliphatic hydroxyl groups excluding tert-OH is 1. The van der Waals surface area contributed by atoms with Crippen molar-refractivity contribution < 1.29 is 134 Å². The van der Waals surface area contributed by atoms with Gasteiger partial charge in [0.05, 0.1) is 98.4 Å². The zero-order valence-electron chi connectivity index (χ0n) is 88.5. The quantitative estimate of drug-likeness (QED) is 0.0196. The Morgan fingerprint density at radius 3 is 0.804 bits per heavy atom. The average molecular weight is 2070 g/mol. The van der Waals surface area contributed by atoms with Crippen LogP contribution < -0.4 is 0 Å². The van der Waals surface area contributed by atoms with Gasteiger partial charge in [-0.3, -0.25) is 38.4 Å². The van der Waals surface area contributed by atoms with E-state index in [1.807, 2.05) is 83.1 Å². The molecule has 28 nitrogen and oxygen atoms in total. The van der Waals surface area contributed by atoms with Gasteiger partial charge in [0, 0.05) is 61.0 Å². The molecule has 4 fully saturated rings. The smallest absolute Gasteiger partial charge is 0.462 e. The fourth-order valence-corrected chi connectivity index (χ4v) is 22.0. The van der Waals surface area contributed by atoms with Gasteiger partial charge in [-0.05, 0) is 251 Å². The summed E-state index contributed by atoms with van der Waals surface area (Å²) >= 11 is 14.9. The zero-order chi connectivity index (χ0) is 105. The summed E-state index contributed by atoms with van der Waals surface area (Å²) in [5.41, 5.74) is 1.87. The third-order valence-corrected chi connectivity index (χ3v) is 31.9. The van der Waals surface area contributed by atoms with Crippen LogP contribution in [0.2, 0.25) is 0 Å². The number of alkyl halides is 2. The summed E-state index contributed by atoms with van der Waals surface area (Å²) in [4.78, 5) is 137. The normalized spacial score (nSPS) is 32.4. The number of cyclic esters (lactones) is 4. The second kappa shape index (κ2) is 56.1.